The highest BCUT2D eigenvalue weighted by Crippen LogP contribution is 2.34. The van der Waals surface area contributed by atoms with Gasteiger partial charge in [-0.05, 0) is 17.7 Å². The Hall–Kier alpha value is -2.29. The Balaban J connectivity index is 1.88. The topological polar surface area (TPSA) is 78.8 Å². The number of alkyl halides is 3. The van der Waals surface area contributed by atoms with E-state index in [1.165, 1.54) is 0 Å². The molecule has 2 aromatic carbocycles. The van der Waals surface area contributed by atoms with Crippen molar-refractivity contribution in [1.82, 2.24) is 5.32 Å². The first-order chi connectivity index (χ1) is 12.7. The maximum atomic E-state index is 12.6. The molecule has 2 atom stereocenters. The highest BCUT2D eigenvalue weighted by molar-refractivity contribution is 6.31. The lowest BCUT2D eigenvalue weighted by molar-refractivity contribution is -0.137. The van der Waals surface area contributed by atoms with Crippen LogP contribution in [0.4, 0.5) is 18.0 Å². The van der Waals surface area contributed by atoms with E-state index in [4.69, 9.17) is 16.3 Å². The molecular formula is C18H17ClF3NO4. The molecule has 3 N–H and O–H groups in total. The lowest BCUT2D eigenvalue weighted by Gasteiger charge is -2.20. The van der Waals surface area contributed by atoms with Crippen molar-refractivity contribution in [3.63, 3.8) is 0 Å². The summed E-state index contributed by atoms with van der Waals surface area (Å²) in [6.45, 7) is -0.359. The Kier molecular flexibility index (Phi) is 7.06. The molecule has 0 aliphatic carbocycles. The monoisotopic (exact) mass is 403 g/mol. The highest BCUT2D eigenvalue weighted by atomic mass is 35.5. The van der Waals surface area contributed by atoms with Gasteiger partial charge < -0.3 is 20.3 Å². The number of alkyl carbamates (subject to hydrolysis) is 1. The van der Waals surface area contributed by atoms with Crippen molar-refractivity contribution in [2.45, 2.75) is 25.0 Å². The Morgan fingerprint density at radius 1 is 1.15 bits per heavy atom. The number of rotatable bonds is 6. The van der Waals surface area contributed by atoms with Gasteiger partial charge in [0.05, 0.1) is 5.56 Å². The number of amides is 1. The van der Waals surface area contributed by atoms with E-state index in [-0.39, 0.29) is 23.7 Å². The van der Waals surface area contributed by atoms with Crippen LogP contribution >= 0.6 is 11.6 Å². The van der Waals surface area contributed by atoms with Crippen LogP contribution in [0, 0.1) is 0 Å². The lowest BCUT2D eigenvalue weighted by atomic mass is 10.0. The average molecular weight is 404 g/mol. The molecule has 0 spiro atoms. The number of ether oxygens (including phenoxy) is 1. The van der Waals surface area contributed by atoms with Gasteiger partial charge in [0.2, 0.25) is 0 Å². The number of nitrogens with one attached hydrogen (secondary N) is 1. The van der Waals surface area contributed by atoms with Crippen LogP contribution in [-0.4, -0.2) is 29.0 Å². The molecule has 0 saturated heterocycles. The van der Waals surface area contributed by atoms with Crippen LogP contribution in [0.2, 0.25) is 5.02 Å². The number of aliphatic hydroxyl groups is 2. The van der Waals surface area contributed by atoms with Gasteiger partial charge in [-0.3, -0.25) is 0 Å². The number of hydrogen-bond acceptors (Lipinski definition) is 4. The van der Waals surface area contributed by atoms with E-state index < -0.39 is 30.0 Å². The Morgan fingerprint density at radius 2 is 1.81 bits per heavy atom. The van der Waals surface area contributed by atoms with Crippen LogP contribution < -0.4 is 5.32 Å². The molecular weight excluding hydrogens is 387 g/mol. The van der Waals surface area contributed by atoms with Gasteiger partial charge in [0.15, 0.2) is 0 Å². The van der Waals surface area contributed by atoms with Crippen LogP contribution in [0.3, 0.4) is 0 Å². The number of hydrogen-bond donors (Lipinski definition) is 3. The number of aliphatic hydroxyl groups excluding tert-OH is 2. The Bertz CT molecular complexity index is 771. The van der Waals surface area contributed by atoms with Crippen molar-refractivity contribution in [2.75, 3.05) is 6.54 Å². The maximum Gasteiger partial charge on any atom is 0.416 e. The summed E-state index contributed by atoms with van der Waals surface area (Å²) in [5, 5.41) is 22.0. The third-order valence-electron chi connectivity index (χ3n) is 3.68. The van der Waals surface area contributed by atoms with Gasteiger partial charge in [-0.25, -0.2) is 4.79 Å². The van der Waals surface area contributed by atoms with Gasteiger partial charge in [-0.15, -0.1) is 0 Å². The molecule has 1 amide bonds. The molecule has 2 aromatic rings. The SMILES string of the molecule is O=C(NCC(O)C(O)c1ccc(C(F)(F)F)cc1Cl)OCc1ccccc1. The fraction of sp³-hybridized carbons (Fsp3) is 0.278. The van der Waals surface area contributed by atoms with E-state index in [0.29, 0.717) is 6.07 Å². The van der Waals surface area contributed by atoms with Gasteiger partial charge in [0.25, 0.3) is 0 Å². The Morgan fingerprint density at radius 3 is 2.41 bits per heavy atom. The summed E-state index contributed by atoms with van der Waals surface area (Å²) in [6.07, 6.45) is -8.48. The fourth-order valence-electron chi connectivity index (χ4n) is 2.22. The second kappa shape index (κ2) is 9.07. The van der Waals surface area contributed by atoms with E-state index in [1.54, 1.807) is 24.3 Å². The first-order valence-corrected chi connectivity index (χ1v) is 8.23. The van der Waals surface area contributed by atoms with E-state index in [1.807, 2.05) is 6.07 Å². The highest BCUT2D eigenvalue weighted by Gasteiger charge is 2.32. The fourth-order valence-corrected chi connectivity index (χ4v) is 2.52. The second-order valence-electron chi connectivity index (χ2n) is 5.69. The minimum absolute atomic E-state index is 0.0239. The van der Waals surface area contributed by atoms with Gasteiger partial charge in [-0.1, -0.05) is 48.0 Å². The smallest absolute Gasteiger partial charge is 0.416 e. The molecule has 0 radical (unpaired) electrons. The summed E-state index contributed by atoms with van der Waals surface area (Å²) in [6, 6.07) is 11.3. The van der Waals surface area contributed by atoms with Crippen molar-refractivity contribution >= 4 is 17.7 Å². The molecule has 2 unspecified atom stereocenters. The van der Waals surface area contributed by atoms with Gasteiger partial charge >= 0.3 is 12.3 Å². The van der Waals surface area contributed by atoms with Gasteiger partial charge in [-0.2, -0.15) is 13.2 Å². The molecule has 146 valence electrons. The average Bonchev–Trinajstić information content (AvgIpc) is 2.63. The molecule has 0 fully saturated rings. The molecule has 27 heavy (non-hydrogen) atoms. The molecule has 0 saturated carbocycles. The van der Waals surface area contributed by atoms with Crippen molar-refractivity contribution in [3.8, 4) is 0 Å². The predicted molar refractivity (Wildman–Crippen MR) is 92.1 cm³/mol. The molecule has 0 heterocycles. The second-order valence-corrected chi connectivity index (χ2v) is 6.10. The van der Waals surface area contributed by atoms with E-state index in [9.17, 15) is 28.2 Å². The van der Waals surface area contributed by atoms with Crippen molar-refractivity contribution in [3.05, 3.63) is 70.2 Å². The van der Waals surface area contributed by atoms with Gasteiger partial charge in [0.1, 0.15) is 18.8 Å². The largest absolute Gasteiger partial charge is 0.445 e. The summed E-state index contributed by atoms with van der Waals surface area (Å²) >= 11 is 5.77. The zero-order valence-corrected chi connectivity index (χ0v) is 14.7. The zero-order valence-electron chi connectivity index (χ0n) is 13.9. The van der Waals surface area contributed by atoms with Crippen molar-refractivity contribution < 1.29 is 32.9 Å². The number of benzene rings is 2. The molecule has 9 heteroatoms. The first kappa shape index (κ1) is 21.0. The minimum Gasteiger partial charge on any atom is -0.445 e. The molecule has 0 aliphatic heterocycles. The van der Waals surface area contributed by atoms with E-state index >= 15 is 0 Å². The quantitative estimate of drug-likeness (QED) is 0.687. The zero-order chi connectivity index (χ0) is 20.0. The third-order valence-corrected chi connectivity index (χ3v) is 4.01. The van der Waals surface area contributed by atoms with Crippen molar-refractivity contribution in [2.24, 2.45) is 0 Å². The summed E-state index contributed by atoms with van der Waals surface area (Å²) in [5.41, 5.74) is -0.290. The Labute approximate surface area is 158 Å². The molecule has 5 nitrogen and oxygen atoms in total. The predicted octanol–water partition coefficient (Wildman–Crippen LogP) is 3.68. The normalized spacial score (nSPS) is 13.7. The minimum atomic E-state index is -4.57. The van der Waals surface area contributed by atoms with Crippen LogP contribution in [0.15, 0.2) is 48.5 Å². The number of carbonyl (C=O) groups is 1. The van der Waals surface area contributed by atoms with E-state index in [2.05, 4.69) is 5.32 Å². The lowest BCUT2D eigenvalue weighted by Crippen LogP contribution is -2.35. The summed E-state index contributed by atoms with van der Waals surface area (Å²) in [7, 11) is 0. The van der Waals surface area contributed by atoms with Crippen LogP contribution in [0.5, 0.6) is 0 Å². The summed E-state index contributed by atoms with van der Waals surface area (Å²) in [4.78, 5) is 11.6. The summed E-state index contributed by atoms with van der Waals surface area (Å²) in [5.74, 6) is 0. The number of halogens is 4. The van der Waals surface area contributed by atoms with E-state index in [0.717, 1.165) is 17.7 Å². The van der Waals surface area contributed by atoms with Crippen LogP contribution in [-0.2, 0) is 17.5 Å². The van der Waals surface area contributed by atoms with Crippen LogP contribution in [0.1, 0.15) is 22.8 Å². The number of carbonyl (C=O) groups excluding carboxylic acids is 1. The maximum absolute atomic E-state index is 12.6. The summed E-state index contributed by atoms with van der Waals surface area (Å²) < 4.78 is 42.8. The molecule has 0 bridgehead atoms. The molecule has 2 rings (SSSR count). The standard InChI is InChI=1S/C18H17ClF3NO4/c19-14-8-12(18(20,21)22)6-7-13(14)16(25)15(24)9-23-17(26)27-10-11-4-2-1-3-5-11/h1-8,15-16,24-25H,9-10H2,(H,23,26). The molecule has 0 aromatic heterocycles. The third kappa shape index (κ3) is 6.13. The van der Waals surface area contributed by atoms with Crippen molar-refractivity contribution in [1.29, 1.82) is 0 Å². The van der Waals surface area contributed by atoms with Crippen LogP contribution in [0.25, 0.3) is 0 Å². The van der Waals surface area contributed by atoms with Gasteiger partial charge in [0, 0.05) is 17.1 Å². The molecule has 0 aliphatic rings. The first-order valence-electron chi connectivity index (χ1n) is 7.86.